The molecule has 2 aromatic carbocycles. The van der Waals surface area contributed by atoms with E-state index in [4.69, 9.17) is 16.3 Å². The van der Waals surface area contributed by atoms with Crippen molar-refractivity contribution in [1.29, 1.82) is 0 Å². The molecule has 2 aromatic rings. The smallest absolute Gasteiger partial charge is 0.338 e. The van der Waals surface area contributed by atoms with Crippen molar-refractivity contribution < 1.29 is 13.9 Å². The van der Waals surface area contributed by atoms with Crippen molar-refractivity contribution in [2.45, 2.75) is 33.5 Å². The van der Waals surface area contributed by atoms with E-state index in [9.17, 15) is 9.18 Å². The molecule has 0 aliphatic carbocycles. The van der Waals surface area contributed by atoms with E-state index >= 15 is 0 Å². The Morgan fingerprint density at radius 1 is 1.21 bits per heavy atom. The molecule has 0 saturated heterocycles. The van der Waals surface area contributed by atoms with E-state index in [2.05, 4.69) is 30.0 Å². The molecule has 0 radical (unpaired) electrons. The lowest BCUT2D eigenvalue weighted by molar-refractivity contribution is 0.0601. The predicted octanol–water partition coefficient (Wildman–Crippen LogP) is 5.82. The highest BCUT2D eigenvalue weighted by atomic mass is 35.5. The van der Waals surface area contributed by atoms with Gasteiger partial charge in [0.05, 0.1) is 26.4 Å². The van der Waals surface area contributed by atoms with Crippen molar-refractivity contribution in [2.75, 3.05) is 20.2 Å². The Bertz CT molecular complexity index is 925. The average molecular weight is 436 g/mol. The van der Waals surface area contributed by atoms with Gasteiger partial charge in [-0.25, -0.2) is 9.18 Å². The third-order valence-electron chi connectivity index (χ3n) is 4.52. The van der Waals surface area contributed by atoms with E-state index < -0.39 is 19.9 Å². The summed E-state index contributed by atoms with van der Waals surface area (Å²) in [5.41, 5.74) is 1.73. The van der Waals surface area contributed by atoms with E-state index in [0.29, 0.717) is 34.9 Å². The molecule has 0 aliphatic rings. The van der Waals surface area contributed by atoms with Gasteiger partial charge in [0, 0.05) is 23.7 Å². The second-order valence-electron chi connectivity index (χ2n) is 7.58. The first-order valence-corrected chi connectivity index (χ1v) is 13.4. The number of rotatable bonds is 7. The van der Waals surface area contributed by atoms with E-state index in [0.717, 1.165) is 5.19 Å². The summed E-state index contributed by atoms with van der Waals surface area (Å²) in [5, 5.41) is 12.0. The van der Waals surface area contributed by atoms with Crippen LogP contribution in [0.25, 0.3) is 11.1 Å². The fourth-order valence-corrected chi connectivity index (χ4v) is 5.84. The van der Waals surface area contributed by atoms with Gasteiger partial charge in [0.1, 0.15) is 5.82 Å². The molecule has 0 aromatic heterocycles. The van der Waals surface area contributed by atoms with Crippen LogP contribution in [-0.4, -0.2) is 39.3 Å². The minimum Gasteiger partial charge on any atom is -0.465 e. The fourth-order valence-electron chi connectivity index (χ4n) is 3.12. The second kappa shape index (κ2) is 9.50. The van der Waals surface area contributed by atoms with Crippen molar-refractivity contribution in [3.8, 4) is 11.1 Å². The number of hydrogen-bond donors (Lipinski definition) is 0. The van der Waals surface area contributed by atoms with Gasteiger partial charge in [-0.1, -0.05) is 48.6 Å². The first-order chi connectivity index (χ1) is 13.6. The molecule has 0 amide bonds. The topological polar surface area (TPSA) is 54.3 Å². The second-order valence-corrected chi connectivity index (χ2v) is 13.0. The fraction of sp³-hybridized carbons (Fsp3) is 0.381. The summed E-state index contributed by atoms with van der Waals surface area (Å²) in [4.78, 5) is 12.6. The Hall–Kier alpha value is -2.25. The molecule has 0 spiro atoms. The summed E-state index contributed by atoms with van der Waals surface area (Å²) in [6, 6.07) is 7.66. The summed E-state index contributed by atoms with van der Waals surface area (Å²) in [6.07, 6.45) is 0. The zero-order valence-corrected chi connectivity index (χ0v) is 19.5. The third kappa shape index (κ3) is 5.22. The third-order valence-corrected chi connectivity index (χ3v) is 6.99. The number of benzene rings is 2. The maximum absolute atomic E-state index is 14.0. The molecule has 29 heavy (non-hydrogen) atoms. The molecule has 0 heterocycles. The van der Waals surface area contributed by atoms with Crippen LogP contribution in [0.4, 0.5) is 10.1 Å². The highest BCUT2D eigenvalue weighted by Gasteiger charge is 2.30. The maximum atomic E-state index is 14.0. The van der Waals surface area contributed by atoms with Gasteiger partial charge in [-0.2, -0.15) is 0 Å². The van der Waals surface area contributed by atoms with Crippen LogP contribution in [0.5, 0.6) is 0 Å². The number of carbonyl (C=O) groups excluding carboxylic acids is 1. The number of halogens is 2. The standard InChI is InChI=1S/C21H27ClFN3O2Si/c1-7-26(8-2)25-24-19-18(14-10-9-11-15(23)12-14)16(21(27)28-3)13-17(22)20(19)29(4,5)6/h9-13H,7-8H2,1-6H3. The lowest BCUT2D eigenvalue weighted by Gasteiger charge is -2.24. The zero-order valence-electron chi connectivity index (χ0n) is 17.7. The van der Waals surface area contributed by atoms with Crippen LogP contribution in [0.1, 0.15) is 24.2 Å². The van der Waals surface area contributed by atoms with Crippen molar-refractivity contribution >= 4 is 36.5 Å². The summed E-state index contributed by atoms with van der Waals surface area (Å²) < 4.78 is 19.0. The van der Waals surface area contributed by atoms with Crippen LogP contribution in [-0.2, 0) is 4.74 Å². The molecule has 2 rings (SSSR count). The van der Waals surface area contributed by atoms with Gasteiger partial charge in [0.25, 0.3) is 0 Å². The van der Waals surface area contributed by atoms with Crippen LogP contribution in [0.15, 0.2) is 40.7 Å². The molecule has 0 bridgehead atoms. The van der Waals surface area contributed by atoms with Crippen molar-refractivity contribution in [1.82, 2.24) is 5.01 Å². The van der Waals surface area contributed by atoms with E-state index in [1.165, 1.54) is 19.2 Å². The molecule has 0 fully saturated rings. The Kier molecular flexibility index (Phi) is 7.54. The van der Waals surface area contributed by atoms with Crippen LogP contribution in [0.2, 0.25) is 24.7 Å². The zero-order chi connectivity index (χ0) is 21.8. The average Bonchev–Trinajstić information content (AvgIpc) is 2.66. The molecule has 8 heteroatoms. The molecule has 156 valence electrons. The van der Waals surface area contributed by atoms with Crippen LogP contribution >= 0.6 is 11.6 Å². The lowest BCUT2D eigenvalue weighted by Crippen LogP contribution is -2.39. The predicted molar refractivity (Wildman–Crippen MR) is 119 cm³/mol. The van der Waals surface area contributed by atoms with Gasteiger partial charge in [-0.3, -0.25) is 5.01 Å². The lowest BCUT2D eigenvalue weighted by atomic mass is 9.97. The van der Waals surface area contributed by atoms with Gasteiger partial charge < -0.3 is 4.74 Å². The maximum Gasteiger partial charge on any atom is 0.338 e. The van der Waals surface area contributed by atoms with Crippen molar-refractivity contribution in [3.63, 3.8) is 0 Å². The number of methoxy groups -OCH3 is 1. The monoisotopic (exact) mass is 435 g/mol. The molecule has 0 aliphatic heterocycles. The Morgan fingerprint density at radius 3 is 2.38 bits per heavy atom. The quantitative estimate of drug-likeness (QED) is 0.238. The number of nitrogens with zero attached hydrogens (tertiary/aromatic N) is 3. The highest BCUT2D eigenvalue weighted by Crippen LogP contribution is 2.38. The number of hydrogen-bond acceptors (Lipinski definition) is 4. The Balaban J connectivity index is 2.96. The number of esters is 1. The number of ether oxygens (including phenoxy) is 1. The molecule has 0 unspecified atom stereocenters. The Labute approximate surface area is 177 Å². The summed E-state index contributed by atoms with van der Waals surface area (Å²) in [5.74, 6) is -0.970. The summed E-state index contributed by atoms with van der Waals surface area (Å²) >= 11 is 6.63. The molecule has 0 saturated carbocycles. The van der Waals surface area contributed by atoms with Crippen molar-refractivity contribution in [2.24, 2.45) is 10.3 Å². The molecular formula is C21H27ClFN3O2Si. The van der Waals surface area contributed by atoms with Crippen LogP contribution in [0, 0.1) is 5.82 Å². The van der Waals surface area contributed by atoms with Gasteiger partial charge in [-0.15, -0.1) is 5.11 Å². The minimum absolute atomic E-state index is 0.235. The molecule has 5 nitrogen and oxygen atoms in total. The first kappa shape index (κ1) is 23.0. The van der Waals surface area contributed by atoms with E-state index in [-0.39, 0.29) is 5.56 Å². The normalized spacial score (nSPS) is 11.7. The summed E-state index contributed by atoms with van der Waals surface area (Å²) in [6.45, 7) is 11.7. The van der Waals surface area contributed by atoms with E-state index in [1.807, 2.05) is 13.8 Å². The Morgan fingerprint density at radius 2 is 1.86 bits per heavy atom. The highest BCUT2D eigenvalue weighted by molar-refractivity contribution is 6.91. The molecule has 0 N–H and O–H groups in total. The largest absolute Gasteiger partial charge is 0.465 e. The first-order valence-electron chi connectivity index (χ1n) is 9.51. The van der Waals surface area contributed by atoms with Gasteiger partial charge >= 0.3 is 5.97 Å². The SMILES string of the molecule is CCN(CC)N=Nc1c(-c2cccc(F)c2)c(C(=O)OC)cc(Cl)c1[Si](C)(C)C. The van der Waals surface area contributed by atoms with E-state index in [1.54, 1.807) is 23.2 Å². The minimum atomic E-state index is -2.01. The molecule has 0 atom stereocenters. The van der Waals surface area contributed by atoms with Gasteiger partial charge in [0.2, 0.25) is 0 Å². The van der Waals surface area contributed by atoms with Gasteiger partial charge in [-0.05, 0) is 42.8 Å². The van der Waals surface area contributed by atoms with Gasteiger partial charge in [0.15, 0.2) is 0 Å². The van der Waals surface area contributed by atoms with Crippen LogP contribution in [0.3, 0.4) is 0 Å². The van der Waals surface area contributed by atoms with Crippen LogP contribution < -0.4 is 5.19 Å². The molecular weight excluding hydrogens is 409 g/mol. The number of carbonyl (C=O) groups is 1. The summed E-state index contributed by atoms with van der Waals surface area (Å²) in [7, 11) is -0.710. The van der Waals surface area contributed by atoms with Crippen molar-refractivity contribution in [3.05, 3.63) is 46.7 Å².